The fourth-order valence-corrected chi connectivity index (χ4v) is 2.69. The lowest BCUT2D eigenvalue weighted by atomic mass is 10.0. The third-order valence-corrected chi connectivity index (χ3v) is 4.01. The molecule has 1 amide bonds. The van der Waals surface area contributed by atoms with Gasteiger partial charge in [0, 0.05) is 5.56 Å². The third kappa shape index (κ3) is 4.91. The molecule has 2 rings (SSSR count). The predicted molar refractivity (Wildman–Crippen MR) is 102 cm³/mol. The van der Waals surface area contributed by atoms with Crippen LogP contribution < -0.4 is 19.5 Å². The lowest BCUT2D eigenvalue weighted by molar-refractivity contribution is 0.0935. The Morgan fingerprint density at radius 1 is 1.00 bits per heavy atom. The second-order valence-electron chi connectivity index (χ2n) is 6.24. The summed E-state index contributed by atoms with van der Waals surface area (Å²) in [5.74, 6) is 1.94. The maximum atomic E-state index is 12.6. The number of methoxy groups -OCH3 is 2. The van der Waals surface area contributed by atoms with Crippen molar-refractivity contribution in [2.45, 2.75) is 39.3 Å². The summed E-state index contributed by atoms with van der Waals surface area (Å²) in [5.41, 5.74) is 1.57. The molecule has 0 aliphatic heterocycles. The molecule has 1 atom stereocenters. The first-order valence-corrected chi connectivity index (χ1v) is 8.78. The molecule has 2 aromatic carbocycles. The van der Waals surface area contributed by atoms with Crippen LogP contribution in [0.1, 0.15) is 49.2 Å². The van der Waals surface area contributed by atoms with E-state index in [0.717, 1.165) is 17.7 Å². The van der Waals surface area contributed by atoms with Crippen LogP contribution in [0.2, 0.25) is 0 Å². The zero-order chi connectivity index (χ0) is 19.1. The van der Waals surface area contributed by atoms with Gasteiger partial charge >= 0.3 is 0 Å². The lowest BCUT2D eigenvalue weighted by Crippen LogP contribution is -2.28. The van der Waals surface area contributed by atoms with Crippen LogP contribution in [0.25, 0.3) is 0 Å². The van der Waals surface area contributed by atoms with E-state index in [4.69, 9.17) is 14.2 Å². The van der Waals surface area contributed by atoms with E-state index in [2.05, 4.69) is 5.32 Å². The van der Waals surface area contributed by atoms with E-state index >= 15 is 0 Å². The molecule has 0 bridgehead atoms. The van der Waals surface area contributed by atoms with Gasteiger partial charge in [-0.2, -0.15) is 0 Å². The van der Waals surface area contributed by atoms with Gasteiger partial charge in [-0.25, -0.2) is 0 Å². The fourth-order valence-electron chi connectivity index (χ4n) is 2.69. The zero-order valence-corrected chi connectivity index (χ0v) is 16.0. The maximum absolute atomic E-state index is 12.6. The smallest absolute Gasteiger partial charge is 0.251 e. The number of hydrogen-bond acceptors (Lipinski definition) is 4. The van der Waals surface area contributed by atoms with Crippen LogP contribution in [0.5, 0.6) is 17.2 Å². The molecule has 140 valence electrons. The normalized spacial score (nSPS) is 11.8. The molecule has 0 aliphatic carbocycles. The van der Waals surface area contributed by atoms with Crippen LogP contribution >= 0.6 is 0 Å². The summed E-state index contributed by atoms with van der Waals surface area (Å²) in [6, 6.07) is 12.7. The summed E-state index contributed by atoms with van der Waals surface area (Å²) < 4.78 is 16.2. The van der Waals surface area contributed by atoms with Crippen LogP contribution in [-0.2, 0) is 0 Å². The van der Waals surface area contributed by atoms with Gasteiger partial charge in [0.1, 0.15) is 5.75 Å². The van der Waals surface area contributed by atoms with Crippen molar-refractivity contribution in [1.82, 2.24) is 5.32 Å². The highest BCUT2D eigenvalue weighted by atomic mass is 16.5. The molecule has 0 saturated heterocycles. The van der Waals surface area contributed by atoms with Crippen molar-refractivity contribution in [2.24, 2.45) is 0 Å². The first-order chi connectivity index (χ1) is 12.5. The topological polar surface area (TPSA) is 56.8 Å². The lowest BCUT2D eigenvalue weighted by Gasteiger charge is -2.19. The summed E-state index contributed by atoms with van der Waals surface area (Å²) in [4.78, 5) is 12.6. The van der Waals surface area contributed by atoms with Gasteiger partial charge in [-0.3, -0.25) is 4.79 Å². The van der Waals surface area contributed by atoms with Crippen LogP contribution in [-0.4, -0.2) is 26.2 Å². The Kier molecular flexibility index (Phi) is 6.89. The molecule has 2 aromatic rings. The summed E-state index contributed by atoms with van der Waals surface area (Å²) in [7, 11) is 3.20. The Hall–Kier alpha value is -2.69. The van der Waals surface area contributed by atoms with Crippen molar-refractivity contribution in [3.63, 3.8) is 0 Å². The number of carbonyl (C=O) groups excluding carboxylic acids is 1. The first-order valence-electron chi connectivity index (χ1n) is 8.78. The minimum Gasteiger partial charge on any atom is -0.493 e. The van der Waals surface area contributed by atoms with Crippen molar-refractivity contribution in [3.05, 3.63) is 53.6 Å². The minimum atomic E-state index is -0.122. The Morgan fingerprint density at radius 3 is 2.19 bits per heavy atom. The summed E-state index contributed by atoms with van der Waals surface area (Å²) in [6.07, 6.45) is 0.861. The average Bonchev–Trinajstić information content (AvgIpc) is 2.65. The van der Waals surface area contributed by atoms with Crippen LogP contribution in [0.4, 0.5) is 0 Å². The monoisotopic (exact) mass is 357 g/mol. The van der Waals surface area contributed by atoms with Gasteiger partial charge in [0.05, 0.1) is 26.4 Å². The van der Waals surface area contributed by atoms with Crippen molar-refractivity contribution in [2.75, 3.05) is 14.2 Å². The Morgan fingerprint density at radius 2 is 1.65 bits per heavy atom. The van der Waals surface area contributed by atoms with E-state index in [-0.39, 0.29) is 18.1 Å². The number of rotatable bonds is 8. The largest absolute Gasteiger partial charge is 0.493 e. The van der Waals surface area contributed by atoms with E-state index < -0.39 is 0 Å². The molecule has 0 aromatic heterocycles. The molecular formula is C21H27NO4. The van der Waals surface area contributed by atoms with E-state index in [1.807, 2.05) is 51.1 Å². The summed E-state index contributed by atoms with van der Waals surface area (Å²) >= 11 is 0. The number of nitrogens with one attached hydrogen (secondary N) is 1. The first kappa shape index (κ1) is 19.6. The molecule has 5 heteroatoms. The second kappa shape index (κ2) is 9.13. The minimum absolute atomic E-state index is 0.101. The highest BCUT2D eigenvalue weighted by Gasteiger charge is 2.16. The van der Waals surface area contributed by atoms with Crippen molar-refractivity contribution < 1.29 is 19.0 Å². The molecule has 0 saturated carbocycles. The van der Waals surface area contributed by atoms with Gasteiger partial charge in [0.25, 0.3) is 5.91 Å². The quantitative estimate of drug-likeness (QED) is 0.762. The number of benzene rings is 2. The Labute approximate surface area is 155 Å². The van der Waals surface area contributed by atoms with Crippen LogP contribution in [0.3, 0.4) is 0 Å². The molecule has 0 fully saturated rings. The number of hydrogen-bond donors (Lipinski definition) is 1. The second-order valence-corrected chi connectivity index (χ2v) is 6.24. The fraction of sp³-hybridized carbons (Fsp3) is 0.381. The average molecular weight is 357 g/mol. The van der Waals surface area contributed by atoms with Crippen LogP contribution in [0.15, 0.2) is 42.5 Å². The molecule has 0 aliphatic rings. The van der Waals surface area contributed by atoms with Crippen LogP contribution in [0, 0.1) is 0 Å². The van der Waals surface area contributed by atoms with E-state index in [0.29, 0.717) is 17.1 Å². The molecule has 26 heavy (non-hydrogen) atoms. The van der Waals surface area contributed by atoms with Gasteiger partial charge in [-0.1, -0.05) is 13.0 Å². The Bertz CT molecular complexity index is 725. The van der Waals surface area contributed by atoms with Crippen molar-refractivity contribution in [3.8, 4) is 17.2 Å². The molecule has 0 heterocycles. The van der Waals surface area contributed by atoms with E-state index in [1.165, 1.54) is 0 Å². The summed E-state index contributed by atoms with van der Waals surface area (Å²) in [5, 5.41) is 3.07. The van der Waals surface area contributed by atoms with Gasteiger partial charge in [-0.15, -0.1) is 0 Å². The molecule has 1 N–H and O–H groups in total. The summed E-state index contributed by atoms with van der Waals surface area (Å²) in [6.45, 7) is 5.96. The molecule has 1 unspecified atom stereocenters. The molecule has 0 radical (unpaired) electrons. The highest BCUT2D eigenvalue weighted by molar-refractivity contribution is 5.94. The third-order valence-electron chi connectivity index (χ3n) is 4.01. The number of ether oxygens (including phenoxy) is 3. The number of carbonyl (C=O) groups is 1. The molecule has 5 nitrogen and oxygen atoms in total. The van der Waals surface area contributed by atoms with Gasteiger partial charge < -0.3 is 19.5 Å². The van der Waals surface area contributed by atoms with Crippen molar-refractivity contribution >= 4 is 5.91 Å². The van der Waals surface area contributed by atoms with E-state index in [1.54, 1.807) is 26.4 Å². The Balaban J connectivity index is 2.13. The molecular weight excluding hydrogens is 330 g/mol. The van der Waals surface area contributed by atoms with Gasteiger partial charge in [0.15, 0.2) is 11.5 Å². The standard InChI is InChI=1S/C21H27NO4/c1-6-18(16-9-12-19(24-4)20(13-16)25-5)22-21(23)15-7-10-17(11-8-15)26-14(2)3/h7-14,18H,6H2,1-5H3,(H,22,23). The zero-order valence-electron chi connectivity index (χ0n) is 16.0. The number of amides is 1. The van der Waals surface area contributed by atoms with Crippen molar-refractivity contribution in [1.29, 1.82) is 0 Å². The maximum Gasteiger partial charge on any atom is 0.251 e. The predicted octanol–water partition coefficient (Wildman–Crippen LogP) is 4.37. The van der Waals surface area contributed by atoms with Gasteiger partial charge in [0.2, 0.25) is 0 Å². The molecule has 0 spiro atoms. The highest BCUT2D eigenvalue weighted by Crippen LogP contribution is 2.31. The SMILES string of the molecule is CCC(NC(=O)c1ccc(OC(C)C)cc1)c1ccc(OC)c(OC)c1. The van der Waals surface area contributed by atoms with Gasteiger partial charge in [-0.05, 0) is 62.2 Å². The van der Waals surface area contributed by atoms with E-state index in [9.17, 15) is 4.79 Å².